The van der Waals surface area contributed by atoms with Crippen LogP contribution in [0, 0.1) is 0 Å². The molecule has 0 spiro atoms. The van der Waals surface area contributed by atoms with E-state index in [1.165, 1.54) is 0 Å². The van der Waals surface area contributed by atoms with Crippen molar-refractivity contribution in [3.05, 3.63) is 11.6 Å². The second-order valence-corrected chi connectivity index (χ2v) is 2.46. The second kappa shape index (κ2) is 6.19. The van der Waals surface area contributed by atoms with Crippen LogP contribution in [0.1, 0.15) is 6.92 Å². The maximum absolute atomic E-state index is 10.7. The summed E-state index contributed by atoms with van der Waals surface area (Å²) >= 11 is 5.43. The summed E-state index contributed by atoms with van der Waals surface area (Å²) in [5.41, 5.74) is 0. The lowest BCUT2D eigenvalue weighted by molar-refractivity contribution is -0.141. The number of carbonyl (C=O) groups is 1. The third-order valence-corrected chi connectivity index (χ3v) is 1.03. The first-order chi connectivity index (χ1) is 5.16. The van der Waals surface area contributed by atoms with Gasteiger partial charge < -0.3 is 10.1 Å². The van der Waals surface area contributed by atoms with E-state index in [2.05, 4.69) is 16.6 Å². The van der Waals surface area contributed by atoms with Crippen LogP contribution in [0.2, 0.25) is 0 Å². The normalized spacial score (nSPS) is 9.27. The molecule has 0 aromatic heterocycles. The Hall–Kier alpha value is -0.540. The molecule has 0 unspecified atom stereocenters. The van der Waals surface area contributed by atoms with Gasteiger partial charge in [0.25, 0.3) is 0 Å². The molecule has 0 amide bonds. The molecule has 0 radical (unpaired) electrons. The molecule has 64 valence electrons. The summed E-state index contributed by atoms with van der Waals surface area (Å²) in [4.78, 5) is 10.7. The average Bonchev–Trinajstić information content (AvgIpc) is 1.87. The van der Waals surface area contributed by atoms with Crippen LogP contribution in [-0.4, -0.2) is 25.7 Å². The maximum Gasteiger partial charge on any atom is 0.319 e. The van der Waals surface area contributed by atoms with Crippen LogP contribution in [0.5, 0.6) is 0 Å². The van der Waals surface area contributed by atoms with Crippen LogP contribution in [0.25, 0.3) is 0 Å². The summed E-state index contributed by atoms with van der Waals surface area (Å²) in [7, 11) is 0. The molecule has 0 aromatic rings. The first-order valence-electron chi connectivity index (χ1n) is 3.36. The van der Waals surface area contributed by atoms with Crippen molar-refractivity contribution >= 4 is 17.6 Å². The van der Waals surface area contributed by atoms with Gasteiger partial charge in [-0.2, -0.15) is 0 Å². The van der Waals surface area contributed by atoms with E-state index in [1.54, 1.807) is 6.92 Å². The first kappa shape index (κ1) is 10.5. The van der Waals surface area contributed by atoms with Crippen molar-refractivity contribution in [1.29, 1.82) is 0 Å². The smallest absolute Gasteiger partial charge is 0.319 e. The lowest BCUT2D eigenvalue weighted by Gasteiger charge is -2.02. The molecule has 4 heteroatoms. The van der Waals surface area contributed by atoms with Crippen molar-refractivity contribution < 1.29 is 9.53 Å². The van der Waals surface area contributed by atoms with Gasteiger partial charge in [0, 0.05) is 11.6 Å². The number of carbonyl (C=O) groups excluding carboxylic acids is 1. The van der Waals surface area contributed by atoms with Gasteiger partial charge in [0.15, 0.2) is 0 Å². The fourth-order valence-corrected chi connectivity index (χ4v) is 0.607. The Kier molecular flexibility index (Phi) is 5.88. The van der Waals surface area contributed by atoms with Crippen molar-refractivity contribution in [3.8, 4) is 0 Å². The third-order valence-electron chi connectivity index (χ3n) is 0.891. The molecular weight excluding hydrogens is 166 g/mol. The van der Waals surface area contributed by atoms with Gasteiger partial charge in [0.1, 0.15) is 0 Å². The zero-order chi connectivity index (χ0) is 8.69. The SMILES string of the molecule is C=C(Cl)CNCC(=O)OCC. The minimum absolute atomic E-state index is 0.180. The number of esters is 1. The molecule has 3 nitrogen and oxygen atoms in total. The Balaban J connectivity index is 3.24. The standard InChI is InChI=1S/C7H12ClNO2/c1-3-11-7(10)5-9-4-6(2)8/h9H,2-5H2,1H3. The molecule has 0 aromatic carbocycles. The molecule has 0 aliphatic rings. The molecule has 11 heavy (non-hydrogen) atoms. The zero-order valence-electron chi connectivity index (χ0n) is 6.52. The lowest BCUT2D eigenvalue weighted by atomic mass is 10.5. The van der Waals surface area contributed by atoms with Crippen LogP contribution >= 0.6 is 11.6 Å². The van der Waals surface area contributed by atoms with Gasteiger partial charge in [-0.25, -0.2) is 0 Å². The Labute approximate surface area is 71.4 Å². The highest BCUT2D eigenvalue weighted by molar-refractivity contribution is 6.29. The number of nitrogens with one attached hydrogen (secondary N) is 1. The molecule has 0 saturated heterocycles. The molecule has 1 N–H and O–H groups in total. The Morgan fingerprint density at radius 1 is 1.64 bits per heavy atom. The predicted octanol–water partition coefficient (Wildman–Crippen LogP) is 0.892. The molecule has 0 aliphatic carbocycles. The summed E-state index contributed by atoms with van der Waals surface area (Å²) in [5, 5.41) is 3.24. The molecule has 0 aliphatic heterocycles. The minimum Gasteiger partial charge on any atom is -0.465 e. The van der Waals surface area contributed by atoms with Gasteiger partial charge >= 0.3 is 5.97 Å². The largest absolute Gasteiger partial charge is 0.465 e. The lowest BCUT2D eigenvalue weighted by Crippen LogP contribution is -2.25. The van der Waals surface area contributed by atoms with Gasteiger partial charge in [-0.05, 0) is 6.92 Å². The highest BCUT2D eigenvalue weighted by Gasteiger charge is 1.98. The molecule has 0 bridgehead atoms. The highest BCUT2D eigenvalue weighted by Crippen LogP contribution is 1.91. The van der Waals surface area contributed by atoms with Crippen LogP contribution in [0.15, 0.2) is 11.6 Å². The summed E-state index contributed by atoms with van der Waals surface area (Å²) in [5.74, 6) is -0.273. The number of halogens is 1. The third kappa shape index (κ3) is 7.36. The topological polar surface area (TPSA) is 38.3 Å². The molecule has 0 heterocycles. The predicted molar refractivity (Wildman–Crippen MR) is 44.5 cm³/mol. The number of rotatable bonds is 5. The van der Waals surface area contributed by atoms with Crippen molar-refractivity contribution in [1.82, 2.24) is 5.32 Å². The van der Waals surface area contributed by atoms with Crippen LogP contribution in [0.4, 0.5) is 0 Å². The Bertz CT molecular complexity index is 147. The van der Waals surface area contributed by atoms with Gasteiger partial charge in [-0.15, -0.1) is 0 Å². The van der Waals surface area contributed by atoms with E-state index in [-0.39, 0.29) is 12.5 Å². The van der Waals surface area contributed by atoms with E-state index in [9.17, 15) is 4.79 Å². The van der Waals surface area contributed by atoms with E-state index in [0.717, 1.165) is 0 Å². The van der Waals surface area contributed by atoms with Gasteiger partial charge in [-0.3, -0.25) is 4.79 Å². The zero-order valence-corrected chi connectivity index (χ0v) is 7.28. The monoisotopic (exact) mass is 177 g/mol. The summed E-state index contributed by atoms with van der Waals surface area (Å²) in [6.07, 6.45) is 0. The van der Waals surface area contributed by atoms with E-state index < -0.39 is 0 Å². The van der Waals surface area contributed by atoms with E-state index in [0.29, 0.717) is 18.2 Å². The Morgan fingerprint density at radius 2 is 2.27 bits per heavy atom. The fourth-order valence-electron chi connectivity index (χ4n) is 0.512. The van der Waals surface area contributed by atoms with Gasteiger partial charge in [0.05, 0.1) is 13.2 Å². The number of hydrogen-bond acceptors (Lipinski definition) is 3. The van der Waals surface area contributed by atoms with Crippen LogP contribution in [0.3, 0.4) is 0 Å². The number of ether oxygens (including phenoxy) is 1. The van der Waals surface area contributed by atoms with E-state index in [4.69, 9.17) is 11.6 Å². The summed E-state index contributed by atoms with van der Waals surface area (Å²) < 4.78 is 4.65. The van der Waals surface area contributed by atoms with Gasteiger partial charge in [0.2, 0.25) is 0 Å². The van der Waals surface area contributed by atoms with Crippen molar-refractivity contribution in [3.63, 3.8) is 0 Å². The molecule has 0 atom stereocenters. The maximum atomic E-state index is 10.7. The van der Waals surface area contributed by atoms with Gasteiger partial charge in [-0.1, -0.05) is 18.2 Å². The van der Waals surface area contributed by atoms with Crippen LogP contribution in [-0.2, 0) is 9.53 Å². The van der Waals surface area contributed by atoms with Crippen molar-refractivity contribution in [2.24, 2.45) is 0 Å². The number of hydrogen-bond donors (Lipinski definition) is 1. The molecule has 0 fully saturated rings. The summed E-state index contributed by atoms with van der Waals surface area (Å²) in [6, 6.07) is 0. The second-order valence-electron chi connectivity index (χ2n) is 1.93. The van der Waals surface area contributed by atoms with Crippen LogP contribution < -0.4 is 5.32 Å². The molecule has 0 rings (SSSR count). The van der Waals surface area contributed by atoms with Crippen molar-refractivity contribution in [2.75, 3.05) is 19.7 Å². The Morgan fingerprint density at radius 3 is 2.73 bits per heavy atom. The molecular formula is C7H12ClNO2. The summed E-state index contributed by atoms with van der Waals surface area (Å²) in [6.45, 7) is 6.23. The minimum atomic E-state index is -0.273. The molecule has 0 saturated carbocycles. The van der Waals surface area contributed by atoms with E-state index in [1.807, 2.05) is 0 Å². The quantitative estimate of drug-likeness (QED) is 0.634. The van der Waals surface area contributed by atoms with E-state index >= 15 is 0 Å². The first-order valence-corrected chi connectivity index (χ1v) is 3.74. The fraction of sp³-hybridized carbons (Fsp3) is 0.571. The highest BCUT2D eigenvalue weighted by atomic mass is 35.5. The average molecular weight is 178 g/mol. The van der Waals surface area contributed by atoms with Crippen molar-refractivity contribution in [2.45, 2.75) is 6.92 Å².